The van der Waals surface area contributed by atoms with Gasteiger partial charge in [-0.25, -0.2) is 9.59 Å². The summed E-state index contributed by atoms with van der Waals surface area (Å²) in [5.41, 5.74) is 1.82. The minimum absolute atomic E-state index is 0.176. The molecule has 3 aromatic rings. The zero-order valence-corrected chi connectivity index (χ0v) is 17.8. The molecule has 4 rings (SSSR count). The molecule has 1 saturated heterocycles. The van der Waals surface area contributed by atoms with Gasteiger partial charge in [-0.3, -0.25) is 4.90 Å². The first kappa shape index (κ1) is 21.5. The van der Waals surface area contributed by atoms with E-state index in [4.69, 9.17) is 9.47 Å². The molecule has 0 aliphatic carbocycles. The van der Waals surface area contributed by atoms with Gasteiger partial charge in [0.1, 0.15) is 13.2 Å². The molecule has 2 aromatic carbocycles. The Hall–Kier alpha value is -3.75. The summed E-state index contributed by atoms with van der Waals surface area (Å²) in [4.78, 5) is 27.9. The van der Waals surface area contributed by atoms with Gasteiger partial charge in [-0.1, -0.05) is 60.7 Å². The number of likely N-dealkylation sites (tertiary alicyclic amines) is 1. The molecule has 0 saturated carbocycles. The summed E-state index contributed by atoms with van der Waals surface area (Å²) >= 11 is 0. The fourth-order valence-corrected chi connectivity index (χ4v) is 3.53. The van der Waals surface area contributed by atoms with Crippen molar-refractivity contribution in [3.05, 3.63) is 77.6 Å². The van der Waals surface area contributed by atoms with Crippen LogP contribution in [0.2, 0.25) is 0 Å². The monoisotopic (exact) mass is 435 g/mol. The highest BCUT2D eigenvalue weighted by molar-refractivity contribution is 5.73. The number of ether oxygens (including phenoxy) is 2. The number of amides is 1. The Morgan fingerprint density at radius 1 is 1.00 bits per heavy atom. The highest BCUT2D eigenvalue weighted by Crippen LogP contribution is 2.30. The third kappa shape index (κ3) is 5.11. The van der Waals surface area contributed by atoms with Crippen molar-refractivity contribution in [2.24, 2.45) is 0 Å². The lowest BCUT2D eigenvalue weighted by Crippen LogP contribution is -2.31. The molecule has 9 heteroatoms. The van der Waals surface area contributed by atoms with Gasteiger partial charge in [-0.15, -0.1) is 15.0 Å². The van der Waals surface area contributed by atoms with E-state index in [9.17, 15) is 9.59 Å². The molecule has 166 valence electrons. The van der Waals surface area contributed by atoms with Gasteiger partial charge in [0.05, 0.1) is 6.04 Å². The summed E-state index contributed by atoms with van der Waals surface area (Å²) in [6, 6.07) is 17.9. The number of hydrogen-bond donors (Lipinski definition) is 0. The van der Waals surface area contributed by atoms with Gasteiger partial charge in [0.15, 0.2) is 11.9 Å². The van der Waals surface area contributed by atoms with E-state index in [1.54, 1.807) is 11.8 Å². The van der Waals surface area contributed by atoms with E-state index in [1.807, 2.05) is 60.7 Å². The summed E-state index contributed by atoms with van der Waals surface area (Å²) < 4.78 is 10.8. The van der Waals surface area contributed by atoms with Crippen LogP contribution < -0.4 is 0 Å². The van der Waals surface area contributed by atoms with E-state index in [0.29, 0.717) is 18.8 Å². The minimum atomic E-state index is -0.736. The standard InChI is InChI=1S/C23H25N5O4/c1-17(22(29)31-15-18-9-4-2-5-10-18)28-25-21(24-26-28)20-13-8-14-27(20)23(30)32-16-19-11-6-3-7-12-19/h2-7,9-12,17,20H,8,13-16H2,1H3/t17-,20-/m0/s1. The van der Waals surface area contributed by atoms with E-state index in [2.05, 4.69) is 15.4 Å². The van der Waals surface area contributed by atoms with Gasteiger partial charge in [0.25, 0.3) is 0 Å². The summed E-state index contributed by atoms with van der Waals surface area (Å²) in [6.45, 7) is 2.59. The maximum atomic E-state index is 12.6. The highest BCUT2D eigenvalue weighted by atomic mass is 16.6. The van der Waals surface area contributed by atoms with Gasteiger partial charge in [-0.2, -0.15) is 0 Å². The van der Waals surface area contributed by atoms with Gasteiger partial charge in [0, 0.05) is 6.54 Å². The number of aromatic nitrogens is 4. The van der Waals surface area contributed by atoms with Crippen molar-refractivity contribution >= 4 is 12.1 Å². The van der Waals surface area contributed by atoms with Gasteiger partial charge in [0.2, 0.25) is 0 Å². The lowest BCUT2D eigenvalue weighted by atomic mass is 10.2. The lowest BCUT2D eigenvalue weighted by Gasteiger charge is -2.21. The minimum Gasteiger partial charge on any atom is -0.459 e. The molecule has 2 heterocycles. The van der Waals surface area contributed by atoms with E-state index in [1.165, 1.54) is 4.80 Å². The second-order valence-corrected chi connectivity index (χ2v) is 7.63. The van der Waals surface area contributed by atoms with Crippen LogP contribution in [0.3, 0.4) is 0 Å². The van der Waals surface area contributed by atoms with Crippen molar-refractivity contribution in [1.82, 2.24) is 25.1 Å². The predicted octanol–water partition coefficient (Wildman–Crippen LogP) is 3.45. The molecule has 1 amide bonds. The quantitative estimate of drug-likeness (QED) is 0.524. The number of nitrogens with zero attached hydrogens (tertiary/aromatic N) is 5. The van der Waals surface area contributed by atoms with Crippen LogP contribution >= 0.6 is 0 Å². The third-order valence-corrected chi connectivity index (χ3v) is 5.35. The molecule has 0 unspecified atom stereocenters. The Bertz CT molecular complexity index is 1040. The Morgan fingerprint density at radius 2 is 1.62 bits per heavy atom. The van der Waals surface area contributed by atoms with Crippen LogP contribution in [-0.4, -0.2) is 43.7 Å². The maximum absolute atomic E-state index is 12.6. The Labute approximate surface area is 185 Å². The number of carbonyl (C=O) groups excluding carboxylic acids is 2. The Morgan fingerprint density at radius 3 is 2.28 bits per heavy atom. The smallest absolute Gasteiger partial charge is 0.410 e. The van der Waals surface area contributed by atoms with Crippen LogP contribution in [-0.2, 0) is 27.5 Å². The van der Waals surface area contributed by atoms with Crippen LogP contribution in [0.1, 0.15) is 48.8 Å². The zero-order chi connectivity index (χ0) is 22.3. The molecule has 0 N–H and O–H groups in total. The first-order chi connectivity index (χ1) is 15.6. The Balaban J connectivity index is 1.35. The van der Waals surface area contributed by atoms with Crippen molar-refractivity contribution in [2.45, 2.75) is 45.1 Å². The number of rotatable bonds is 7. The molecule has 32 heavy (non-hydrogen) atoms. The number of tetrazole rings is 1. The molecule has 0 bridgehead atoms. The second-order valence-electron chi connectivity index (χ2n) is 7.63. The summed E-state index contributed by atoms with van der Waals surface area (Å²) in [5, 5.41) is 12.5. The van der Waals surface area contributed by atoms with Crippen LogP contribution in [0, 0.1) is 0 Å². The SMILES string of the molecule is C[C@@H](C(=O)OCc1ccccc1)n1nnc([C@@H]2CCCN2C(=O)OCc2ccccc2)n1. The fourth-order valence-electron chi connectivity index (χ4n) is 3.53. The Kier molecular flexibility index (Phi) is 6.74. The number of hydrogen-bond acceptors (Lipinski definition) is 7. The van der Waals surface area contributed by atoms with Gasteiger partial charge in [-0.05, 0) is 36.1 Å². The van der Waals surface area contributed by atoms with E-state index >= 15 is 0 Å². The molecular formula is C23H25N5O4. The predicted molar refractivity (Wildman–Crippen MR) is 114 cm³/mol. The largest absolute Gasteiger partial charge is 0.459 e. The van der Waals surface area contributed by atoms with E-state index in [-0.39, 0.29) is 19.3 Å². The molecule has 1 aliphatic heterocycles. The van der Waals surface area contributed by atoms with Gasteiger partial charge >= 0.3 is 12.1 Å². The van der Waals surface area contributed by atoms with Crippen LogP contribution in [0.25, 0.3) is 0 Å². The zero-order valence-electron chi connectivity index (χ0n) is 17.8. The van der Waals surface area contributed by atoms with Crippen LogP contribution in [0.5, 0.6) is 0 Å². The topological polar surface area (TPSA) is 99.4 Å². The van der Waals surface area contributed by atoms with Crippen LogP contribution in [0.4, 0.5) is 4.79 Å². The van der Waals surface area contributed by atoms with Crippen molar-refractivity contribution in [3.63, 3.8) is 0 Å². The molecule has 9 nitrogen and oxygen atoms in total. The third-order valence-electron chi connectivity index (χ3n) is 5.35. The number of benzene rings is 2. The average molecular weight is 435 g/mol. The summed E-state index contributed by atoms with van der Waals surface area (Å²) in [5.74, 6) is -0.0646. The lowest BCUT2D eigenvalue weighted by molar-refractivity contribution is -0.149. The molecule has 1 aliphatic rings. The van der Waals surface area contributed by atoms with Crippen molar-refractivity contribution < 1.29 is 19.1 Å². The summed E-state index contributed by atoms with van der Waals surface area (Å²) in [6.07, 6.45) is 1.11. The van der Waals surface area contributed by atoms with Crippen molar-refractivity contribution in [2.75, 3.05) is 6.54 Å². The molecule has 1 aromatic heterocycles. The maximum Gasteiger partial charge on any atom is 0.410 e. The number of carbonyl (C=O) groups is 2. The van der Waals surface area contributed by atoms with Gasteiger partial charge < -0.3 is 9.47 Å². The first-order valence-electron chi connectivity index (χ1n) is 10.6. The van der Waals surface area contributed by atoms with Crippen molar-refractivity contribution in [3.8, 4) is 0 Å². The molecule has 0 radical (unpaired) electrons. The fraction of sp³-hybridized carbons (Fsp3) is 0.348. The molecule has 1 fully saturated rings. The normalized spacial score (nSPS) is 16.5. The molecular weight excluding hydrogens is 410 g/mol. The number of esters is 1. The summed E-state index contributed by atoms with van der Waals surface area (Å²) in [7, 11) is 0. The average Bonchev–Trinajstić information content (AvgIpc) is 3.51. The second kappa shape index (κ2) is 10.0. The molecule has 0 spiro atoms. The highest BCUT2D eigenvalue weighted by Gasteiger charge is 2.35. The van der Waals surface area contributed by atoms with Crippen LogP contribution in [0.15, 0.2) is 60.7 Å². The van der Waals surface area contributed by atoms with Crippen molar-refractivity contribution in [1.29, 1.82) is 0 Å². The van der Waals surface area contributed by atoms with E-state index < -0.39 is 18.1 Å². The first-order valence-corrected chi connectivity index (χ1v) is 10.6. The van der Waals surface area contributed by atoms with E-state index in [0.717, 1.165) is 17.5 Å². The molecule has 2 atom stereocenters.